The highest BCUT2D eigenvalue weighted by Crippen LogP contribution is 2.36. The van der Waals surface area contributed by atoms with Crippen LogP contribution >= 0.6 is 12.4 Å². The molecule has 0 aromatic heterocycles. The number of hydrogen-bond acceptors (Lipinski definition) is 3. The van der Waals surface area contributed by atoms with Crippen LogP contribution < -0.4 is 11.1 Å². The summed E-state index contributed by atoms with van der Waals surface area (Å²) in [5.74, 6) is 0.401. The summed E-state index contributed by atoms with van der Waals surface area (Å²) in [5, 5.41) is 3.24. The molecule has 1 aliphatic heterocycles. The van der Waals surface area contributed by atoms with Gasteiger partial charge in [0.2, 0.25) is 11.8 Å². The smallest absolute Gasteiger partial charge is 0.225 e. The molecule has 1 aliphatic carbocycles. The molecular weight excluding hydrogens is 362 g/mol. The normalized spacial score (nSPS) is 24.8. The largest absolute Gasteiger partial charge is 0.352 e. The summed E-state index contributed by atoms with van der Waals surface area (Å²) >= 11 is 0. The summed E-state index contributed by atoms with van der Waals surface area (Å²) in [6.45, 7) is 0.480. The van der Waals surface area contributed by atoms with Crippen molar-refractivity contribution in [1.82, 2.24) is 10.2 Å². The molecule has 1 heterocycles. The van der Waals surface area contributed by atoms with Crippen LogP contribution in [-0.2, 0) is 9.59 Å². The van der Waals surface area contributed by atoms with Crippen LogP contribution in [0.25, 0.3) is 0 Å². The van der Waals surface area contributed by atoms with Gasteiger partial charge in [-0.3, -0.25) is 9.59 Å². The van der Waals surface area contributed by atoms with E-state index in [0.29, 0.717) is 25.3 Å². The average molecular weight is 394 g/mol. The molecule has 3 rings (SSSR count). The number of nitrogens with one attached hydrogen (secondary N) is 1. The minimum absolute atomic E-state index is 0. The molecule has 3 atom stereocenters. The van der Waals surface area contributed by atoms with Crippen LogP contribution in [0.3, 0.4) is 0 Å². The van der Waals surface area contributed by atoms with Crippen LogP contribution in [0.2, 0.25) is 0 Å². The zero-order chi connectivity index (χ0) is 18.5. The number of hydrogen-bond donors (Lipinski definition) is 2. The summed E-state index contributed by atoms with van der Waals surface area (Å²) in [6, 6.07) is 9.72. The molecule has 0 spiro atoms. The van der Waals surface area contributed by atoms with E-state index in [9.17, 15) is 9.59 Å². The van der Waals surface area contributed by atoms with Crippen LogP contribution in [-0.4, -0.2) is 36.3 Å². The molecule has 6 heteroatoms. The van der Waals surface area contributed by atoms with Crippen molar-refractivity contribution >= 4 is 24.2 Å². The van der Waals surface area contributed by atoms with Crippen molar-refractivity contribution in [3.8, 4) is 0 Å². The van der Waals surface area contributed by atoms with Gasteiger partial charge in [-0.1, -0.05) is 49.6 Å². The molecule has 27 heavy (non-hydrogen) atoms. The van der Waals surface area contributed by atoms with Gasteiger partial charge in [0, 0.05) is 26.1 Å². The van der Waals surface area contributed by atoms with Gasteiger partial charge in [0.05, 0.1) is 12.0 Å². The van der Waals surface area contributed by atoms with E-state index >= 15 is 0 Å². The maximum atomic E-state index is 13.1. The summed E-state index contributed by atoms with van der Waals surface area (Å²) in [4.78, 5) is 27.1. The standard InChI is InChI=1S/C21H31N3O2.ClH/c1-24-19(25)13-12-17(20(24)16-10-6-3-7-11-16)21(26)23-18(14-22)15-8-4-2-5-9-15;/h3,6-7,10-11,15,17-18,20H,2,4-5,8-9,12-14,22H2,1H3,(H,23,26);1H. The van der Waals surface area contributed by atoms with E-state index in [-0.39, 0.29) is 42.2 Å². The van der Waals surface area contributed by atoms with Gasteiger partial charge in [-0.15, -0.1) is 12.4 Å². The first-order valence-corrected chi connectivity index (χ1v) is 9.93. The van der Waals surface area contributed by atoms with Crippen molar-refractivity contribution < 1.29 is 9.59 Å². The van der Waals surface area contributed by atoms with Crippen molar-refractivity contribution in [2.45, 2.75) is 57.0 Å². The molecule has 1 aromatic carbocycles. The summed E-state index contributed by atoms with van der Waals surface area (Å²) in [6.07, 6.45) is 7.05. The highest BCUT2D eigenvalue weighted by molar-refractivity contribution is 5.85. The lowest BCUT2D eigenvalue weighted by molar-refractivity contribution is -0.142. The SMILES string of the molecule is CN1C(=O)CCC(C(=O)NC(CN)C2CCCCC2)C1c1ccccc1.Cl. The Morgan fingerprint density at radius 2 is 1.85 bits per heavy atom. The molecule has 0 bridgehead atoms. The molecular formula is C21H32ClN3O2. The first kappa shape index (κ1) is 21.7. The highest BCUT2D eigenvalue weighted by atomic mass is 35.5. The maximum Gasteiger partial charge on any atom is 0.225 e. The van der Waals surface area contributed by atoms with Gasteiger partial charge in [-0.2, -0.15) is 0 Å². The second-order valence-electron chi connectivity index (χ2n) is 7.75. The van der Waals surface area contributed by atoms with E-state index in [1.54, 1.807) is 11.9 Å². The Labute approximate surface area is 168 Å². The number of carbonyl (C=O) groups is 2. The predicted octanol–water partition coefficient (Wildman–Crippen LogP) is 3.04. The van der Waals surface area contributed by atoms with Crippen molar-refractivity contribution in [2.75, 3.05) is 13.6 Å². The van der Waals surface area contributed by atoms with Gasteiger partial charge in [0.1, 0.15) is 0 Å². The fraction of sp³-hybridized carbons (Fsp3) is 0.619. The molecule has 3 unspecified atom stereocenters. The van der Waals surface area contributed by atoms with Crippen LogP contribution in [0, 0.1) is 11.8 Å². The van der Waals surface area contributed by atoms with Crippen LogP contribution in [0.15, 0.2) is 30.3 Å². The molecule has 2 fully saturated rings. The summed E-state index contributed by atoms with van der Waals surface area (Å²) in [7, 11) is 1.81. The van der Waals surface area contributed by atoms with Crippen LogP contribution in [0.5, 0.6) is 0 Å². The Morgan fingerprint density at radius 3 is 2.48 bits per heavy atom. The van der Waals surface area contributed by atoms with E-state index in [1.807, 2.05) is 30.3 Å². The van der Waals surface area contributed by atoms with E-state index in [0.717, 1.165) is 18.4 Å². The molecule has 2 aliphatic rings. The Morgan fingerprint density at radius 1 is 1.19 bits per heavy atom. The Hall–Kier alpha value is -1.59. The van der Waals surface area contributed by atoms with Crippen molar-refractivity contribution in [3.05, 3.63) is 35.9 Å². The number of benzene rings is 1. The number of likely N-dealkylation sites (tertiary alicyclic amines) is 1. The third-order valence-corrected chi connectivity index (χ3v) is 6.14. The molecule has 0 radical (unpaired) electrons. The third kappa shape index (κ3) is 5.02. The number of rotatable bonds is 5. The molecule has 2 amide bonds. The number of carbonyl (C=O) groups excluding carboxylic acids is 2. The Bertz CT molecular complexity index is 619. The fourth-order valence-corrected chi connectivity index (χ4v) is 4.61. The molecule has 1 aromatic rings. The van der Waals surface area contributed by atoms with Gasteiger partial charge >= 0.3 is 0 Å². The Balaban J connectivity index is 0.00000261. The molecule has 5 nitrogen and oxygen atoms in total. The van der Waals surface area contributed by atoms with Crippen molar-refractivity contribution in [2.24, 2.45) is 17.6 Å². The maximum absolute atomic E-state index is 13.1. The molecule has 3 N–H and O–H groups in total. The average Bonchev–Trinajstić information content (AvgIpc) is 2.69. The lowest BCUT2D eigenvalue weighted by atomic mass is 9.81. The minimum atomic E-state index is -0.224. The van der Waals surface area contributed by atoms with E-state index < -0.39 is 0 Å². The number of nitrogens with zero attached hydrogens (tertiary/aromatic N) is 1. The predicted molar refractivity (Wildman–Crippen MR) is 109 cm³/mol. The summed E-state index contributed by atoms with van der Waals surface area (Å²) < 4.78 is 0. The van der Waals surface area contributed by atoms with E-state index in [1.165, 1.54) is 19.3 Å². The topological polar surface area (TPSA) is 75.4 Å². The number of amides is 2. The fourth-order valence-electron chi connectivity index (χ4n) is 4.61. The number of piperidine rings is 1. The van der Waals surface area contributed by atoms with Crippen molar-refractivity contribution in [3.63, 3.8) is 0 Å². The lowest BCUT2D eigenvalue weighted by Crippen LogP contribution is -2.52. The van der Waals surface area contributed by atoms with Gasteiger partial charge in [0.25, 0.3) is 0 Å². The zero-order valence-electron chi connectivity index (χ0n) is 16.1. The number of halogens is 1. The minimum Gasteiger partial charge on any atom is -0.352 e. The lowest BCUT2D eigenvalue weighted by Gasteiger charge is -2.40. The summed E-state index contributed by atoms with van der Waals surface area (Å²) in [5.41, 5.74) is 7.02. The van der Waals surface area contributed by atoms with Crippen LogP contribution in [0.4, 0.5) is 0 Å². The Kier molecular flexibility index (Phi) is 8.11. The van der Waals surface area contributed by atoms with Gasteiger partial charge in [-0.05, 0) is 30.7 Å². The van der Waals surface area contributed by atoms with Gasteiger partial charge in [0.15, 0.2) is 0 Å². The first-order chi connectivity index (χ1) is 12.6. The quantitative estimate of drug-likeness (QED) is 0.807. The zero-order valence-corrected chi connectivity index (χ0v) is 16.9. The molecule has 1 saturated carbocycles. The van der Waals surface area contributed by atoms with E-state index in [2.05, 4.69) is 5.32 Å². The first-order valence-electron chi connectivity index (χ1n) is 9.93. The van der Waals surface area contributed by atoms with Gasteiger partial charge in [-0.25, -0.2) is 0 Å². The second kappa shape index (κ2) is 10.1. The van der Waals surface area contributed by atoms with Crippen LogP contribution in [0.1, 0.15) is 56.6 Å². The highest BCUT2D eigenvalue weighted by Gasteiger charge is 2.39. The third-order valence-electron chi connectivity index (χ3n) is 6.14. The monoisotopic (exact) mass is 393 g/mol. The van der Waals surface area contributed by atoms with Crippen molar-refractivity contribution in [1.29, 1.82) is 0 Å². The number of nitrogens with two attached hydrogens (primary N) is 1. The van der Waals surface area contributed by atoms with E-state index in [4.69, 9.17) is 5.73 Å². The second-order valence-corrected chi connectivity index (χ2v) is 7.75. The van der Waals surface area contributed by atoms with Gasteiger partial charge < -0.3 is 16.0 Å². The molecule has 150 valence electrons. The molecule has 1 saturated heterocycles.